The normalized spacial score (nSPS) is 18.0. The molecule has 0 spiro atoms. The zero-order chi connectivity index (χ0) is 29.9. The first-order valence-electron chi connectivity index (χ1n) is 15.9. The number of carbonyl (C=O) groups excluding carboxylic acids is 3. The van der Waals surface area contributed by atoms with Crippen LogP contribution in [0.5, 0.6) is 0 Å². The molecule has 3 heterocycles. The largest absolute Gasteiger partial charge is 0.378 e. The number of fused-ring (bicyclic) bond motifs is 3. The van der Waals surface area contributed by atoms with Gasteiger partial charge in [-0.25, -0.2) is 4.90 Å². The second kappa shape index (κ2) is 12.7. The molecule has 0 saturated carbocycles. The maximum atomic E-state index is 14.6. The highest BCUT2D eigenvalue weighted by Crippen LogP contribution is 2.52. The van der Waals surface area contributed by atoms with Crippen molar-refractivity contribution < 1.29 is 19.1 Å². The number of carbonyl (C=O) groups is 3. The summed E-state index contributed by atoms with van der Waals surface area (Å²) in [5.41, 5.74) is 5.08. The zero-order valence-electron chi connectivity index (χ0n) is 25.3. The molecule has 1 atom stereocenters. The van der Waals surface area contributed by atoms with Gasteiger partial charge in [0.15, 0.2) is 0 Å². The van der Waals surface area contributed by atoms with Gasteiger partial charge in [0.1, 0.15) is 0 Å². The molecule has 3 aromatic rings. The molecule has 3 aromatic carbocycles. The van der Waals surface area contributed by atoms with Gasteiger partial charge >= 0.3 is 0 Å². The van der Waals surface area contributed by atoms with E-state index in [4.69, 9.17) is 4.74 Å². The lowest BCUT2D eigenvalue weighted by atomic mass is 9.84. The summed E-state index contributed by atoms with van der Waals surface area (Å²) in [7, 11) is 0. The van der Waals surface area contributed by atoms with Crippen molar-refractivity contribution in [2.24, 2.45) is 0 Å². The number of amides is 3. The minimum absolute atomic E-state index is 0.0292. The summed E-state index contributed by atoms with van der Waals surface area (Å²) in [6.07, 6.45) is 6.89. The molecule has 0 N–H and O–H groups in total. The van der Waals surface area contributed by atoms with Crippen molar-refractivity contribution >= 4 is 29.1 Å². The Morgan fingerprint density at radius 2 is 1.33 bits per heavy atom. The van der Waals surface area contributed by atoms with Crippen LogP contribution < -0.4 is 9.80 Å². The minimum atomic E-state index is -0.333. The van der Waals surface area contributed by atoms with Crippen LogP contribution in [0.15, 0.2) is 60.7 Å². The van der Waals surface area contributed by atoms with Gasteiger partial charge in [-0.15, -0.1) is 0 Å². The van der Waals surface area contributed by atoms with Crippen LogP contribution in [0.3, 0.4) is 0 Å². The summed E-state index contributed by atoms with van der Waals surface area (Å²) in [4.78, 5) is 49.2. The van der Waals surface area contributed by atoms with E-state index in [1.54, 1.807) is 12.1 Å². The molecule has 43 heavy (non-hydrogen) atoms. The van der Waals surface area contributed by atoms with Crippen LogP contribution in [-0.2, 0) is 4.74 Å². The van der Waals surface area contributed by atoms with E-state index in [9.17, 15) is 14.4 Å². The lowest BCUT2D eigenvalue weighted by Crippen LogP contribution is -2.38. The molecular formula is C36H41N3O4. The monoisotopic (exact) mass is 579 g/mol. The van der Waals surface area contributed by atoms with Crippen molar-refractivity contribution in [3.8, 4) is 11.1 Å². The van der Waals surface area contributed by atoms with Gasteiger partial charge in [-0.3, -0.25) is 14.4 Å². The van der Waals surface area contributed by atoms with Crippen LogP contribution in [0, 0.1) is 0 Å². The van der Waals surface area contributed by atoms with E-state index in [0.717, 1.165) is 61.6 Å². The lowest BCUT2D eigenvalue weighted by Gasteiger charge is -2.33. The SMILES string of the molecule is CCCCCCC1c2c3c(c(N4CCOCC4)c(-c4ccccc4)c2C(=O)N1CCCC)C(=O)N(c1ccccc1)C3=O. The van der Waals surface area contributed by atoms with Crippen molar-refractivity contribution in [1.82, 2.24) is 4.90 Å². The quantitative estimate of drug-likeness (QED) is 0.177. The molecule has 0 aromatic heterocycles. The van der Waals surface area contributed by atoms with Gasteiger partial charge in [0.2, 0.25) is 0 Å². The highest BCUT2D eigenvalue weighted by Gasteiger charge is 2.50. The first-order chi connectivity index (χ1) is 21.1. The van der Waals surface area contributed by atoms with Crippen molar-refractivity contribution in [3.63, 3.8) is 0 Å². The summed E-state index contributed by atoms with van der Waals surface area (Å²) >= 11 is 0. The molecule has 0 radical (unpaired) electrons. The molecule has 3 aliphatic heterocycles. The third-order valence-electron chi connectivity index (χ3n) is 9.02. The molecule has 224 valence electrons. The van der Waals surface area contributed by atoms with E-state index in [1.807, 2.05) is 53.4 Å². The summed E-state index contributed by atoms with van der Waals surface area (Å²) < 4.78 is 5.70. The first-order valence-corrected chi connectivity index (χ1v) is 15.9. The van der Waals surface area contributed by atoms with Crippen molar-refractivity contribution in [3.05, 3.63) is 82.9 Å². The molecule has 7 nitrogen and oxygen atoms in total. The number of hydrogen-bond acceptors (Lipinski definition) is 5. The van der Waals surface area contributed by atoms with E-state index in [1.165, 1.54) is 4.90 Å². The van der Waals surface area contributed by atoms with E-state index in [2.05, 4.69) is 18.7 Å². The first kappa shape index (κ1) is 29.1. The molecular weight excluding hydrogens is 538 g/mol. The topological polar surface area (TPSA) is 70.2 Å². The Labute approximate surface area is 254 Å². The number of nitrogens with zero attached hydrogens (tertiary/aromatic N) is 3. The van der Waals surface area contributed by atoms with Crippen LogP contribution in [0.25, 0.3) is 11.1 Å². The Morgan fingerprint density at radius 3 is 2.00 bits per heavy atom. The van der Waals surface area contributed by atoms with Gasteiger partial charge in [-0.1, -0.05) is 94.5 Å². The van der Waals surface area contributed by atoms with Crippen LogP contribution in [0.1, 0.15) is 101 Å². The molecule has 3 aliphatic rings. The van der Waals surface area contributed by atoms with Gasteiger partial charge < -0.3 is 14.5 Å². The van der Waals surface area contributed by atoms with Crippen LogP contribution in [-0.4, -0.2) is 55.5 Å². The second-order valence-electron chi connectivity index (χ2n) is 11.7. The standard InChI is InChI=1S/C36H41N3O4/c1-3-5-7-14-19-27-29-30(34(40)38(27)20-6-4-2)28(25-15-10-8-11-16-25)33(37-21-23-43-24-22-37)32-31(29)35(41)39(36(32)42)26-17-12-9-13-18-26/h8-13,15-18,27H,3-7,14,19-24H2,1-2H3. The average molecular weight is 580 g/mol. The van der Waals surface area contributed by atoms with Crippen LogP contribution in [0.4, 0.5) is 11.4 Å². The molecule has 3 amide bonds. The highest BCUT2D eigenvalue weighted by molar-refractivity contribution is 6.38. The Morgan fingerprint density at radius 1 is 0.698 bits per heavy atom. The van der Waals surface area contributed by atoms with E-state index in [-0.39, 0.29) is 23.8 Å². The second-order valence-corrected chi connectivity index (χ2v) is 11.7. The van der Waals surface area contributed by atoms with Gasteiger partial charge in [-0.2, -0.15) is 0 Å². The molecule has 1 fully saturated rings. The van der Waals surface area contributed by atoms with Crippen LogP contribution in [0.2, 0.25) is 0 Å². The zero-order valence-corrected chi connectivity index (χ0v) is 25.3. The molecule has 0 bridgehead atoms. The number of anilines is 2. The fourth-order valence-electron chi connectivity index (χ4n) is 6.95. The molecule has 7 heteroatoms. The van der Waals surface area contributed by atoms with Gasteiger partial charge in [0.25, 0.3) is 17.7 Å². The summed E-state index contributed by atoms with van der Waals surface area (Å²) in [5.74, 6) is -0.685. The van der Waals surface area contributed by atoms with Gasteiger partial charge in [0.05, 0.1) is 47.3 Å². The predicted octanol–water partition coefficient (Wildman–Crippen LogP) is 7.26. The van der Waals surface area contributed by atoms with E-state index in [0.29, 0.717) is 60.9 Å². The van der Waals surface area contributed by atoms with Crippen molar-refractivity contribution in [1.29, 1.82) is 0 Å². The lowest BCUT2D eigenvalue weighted by molar-refractivity contribution is 0.0711. The summed E-state index contributed by atoms with van der Waals surface area (Å²) in [6, 6.07) is 18.9. The fourth-order valence-corrected chi connectivity index (χ4v) is 6.95. The fraction of sp³-hybridized carbons (Fsp3) is 0.417. The Balaban J connectivity index is 1.65. The molecule has 1 unspecified atom stereocenters. The van der Waals surface area contributed by atoms with E-state index < -0.39 is 0 Å². The van der Waals surface area contributed by atoms with Gasteiger partial charge in [-0.05, 0) is 30.5 Å². The van der Waals surface area contributed by atoms with E-state index >= 15 is 0 Å². The van der Waals surface area contributed by atoms with Crippen LogP contribution >= 0.6 is 0 Å². The average Bonchev–Trinajstić information content (AvgIpc) is 3.47. The maximum Gasteiger partial charge on any atom is 0.268 e. The Kier molecular flexibility index (Phi) is 8.61. The number of morpholine rings is 1. The Hall–Kier alpha value is -3.97. The number of benzene rings is 3. The number of ether oxygens (including phenoxy) is 1. The molecule has 0 aliphatic carbocycles. The van der Waals surface area contributed by atoms with Crippen molar-refractivity contribution in [2.75, 3.05) is 42.6 Å². The number of hydrogen-bond donors (Lipinski definition) is 0. The third-order valence-corrected chi connectivity index (χ3v) is 9.02. The van der Waals surface area contributed by atoms with Gasteiger partial charge in [0, 0.05) is 30.8 Å². The Bertz CT molecular complexity index is 1500. The number of rotatable bonds is 11. The third kappa shape index (κ3) is 5.14. The summed E-state index contributed by atoms with van der Waals surface area (Å²) in [6.45, 7) is 7.13. The van der Waals surface area contributed by atoms with Crippen molar-refractivity contribution in [2.45, 2.75) is 64.8 Å². The molecule has 6 rings (SSSR count). The number of imide groups is 1. The highest BCUT2D eigenvalue weighted by atomic mass is 16.5. The molecule has 1 saturated heterocycles. The number of para-hydroxylation sites is 1. The minimum Gasteiger partial charge on any atom is -0.378 e. The maximum absolute atomic E-state index is 14.6. The smallest absolute Gasteiger partial charge is 0.268 e. The number of unbranched alkanes of at least 4 members (excludes halogenated alkanes) is 4. The predicted molar refractivity (Wildman–Crippen MR) is 170 cm³/mol. The summed E-state index contributed by atoms with van der Waals surface area (Å²) in [5, 5.41) is 0.